The third-order valence-corrected chi connectivity index (χ3v) is 5.93. The van der Waals surface area contributed by atoms with Crippen molar-refractivity contribution in [1.29, 1.82) is 0 Å². The van der Waals surface area contributed by atoms with Gasteiger partial charge in [-0.25, -0.2) is 9.97 Å². The van der Waals surface area contributed by atoms with Crippen LogP contribution in [0.25, 0.3) is 11.0 Å². The van der Waals surface area contributed by atoms with Crippen molar-refractivity contribution in [1.82, 2.24) is 24.8 Å². The average Bonchev–Trinajstić information content (AvgIpc) is 3.56. The molecule has 0 saturated heterocycles. The predicted molar refractivity (Wildman–Crippen MR) is 125 cm³/mol. The van der Waals surface area contributed by atoms with Gasteiger partial charge in [-0.05, 0) is 43.5 Å². The molecule has 1 atom stereocenters. The molecule has 5 rings (SSSR count). The number of nitrogens with two attached hydrogens (primary N) is 1. The van der Waals surface area contributed by atoms with Crippen LogP contribution in [0, 0.1) is 11.8 Å². The Morgan fingerprint density at radius 3 is 2.76 bits per heavy atom. The molecule has 3 N–H and O–H groups in total. The molecule has 3 aromatic rings. The maximum Gasteiger partial charge on any atom is 0.251 e. The Kier molecular flexibility index (Phi) is 5.31. The fourth-order valence-corrected chi connectivity index (χ4v) is 3.97. The van der Waals surface area contributed by atoms with Crippen molar-refractivity contribution in [2.75, 3.05) is 12.3 Å². The summed E-state index contributed by atoms with van der Waals surface area (Å²) in [5.74, 6) is 6.67. The lowest BCUT2D eigenvalue weighted by molar-refractivity contribution is -0.126. The predicted octanol–water partition coefficient (Wildman–Crippen LogP) is 2.61. The lowest BCUT2D eigenvalue weighted by Crippen LogP contribution is -2.29. The first-order valence-electron chi connectivity index (χ1n) is 11.0. The SMILES string of the molecule is CC(=O)N1C=CC(n2cc(C#Cc3cccc(C(=O)NC4CC4)c3)c3c(N)ncnc32)CC1. The van der Waals surface area contributed by atoms with Crippen molar-refractivity contribution >= 4 is 28.7 Å². The molecule has 33 heavy (non-hydrogen) atoms. The van der Waals surface area contributed by atoms with Gasteiger partial charge >= 0.3 is 0 Å². The topological polar surface area (TPSA) is 106 Å². The maximum absolute atomic E-state index is 12.4. The smallest absolute Gasteiger partial charge is 0.251 e. The minimum atomic E-state index is -0.0703. The number of hydrogen-bond donors (Lipinski definition) is 2. The third kappa shape index (κ3) is 4.30. The van der Waals surface area contributed by atoms with Crippen molar-refractivity contribution in [3.05, 3.63) is 65.8 Å². The monoisotopic (exact) mass is 440 g/mol. The summed E-state index contributed by atoms with van der Waals surface area (Å²) in [6.45, 7) is 2.19. The Bertz CT molecular complexity index is 1340. The van der Waals surface area contributed by atoms with Gasteiger partial charge in [-0.3, -0.25) is 9.59 Å². The summed E-state index contributed by atoms with van der Waals surface area (Å²) in [6, 6.07) is 7.63. The first-order valence-corrected chi connectivity index (χ1v) is 11.0. The van der Waals surface area contributed by atoms with Crippen LogP contribution in [0.15, 0.2) is 49.1 Å². The Hall–Kier alpha value is -4.12. The average molecular weight is 441 g/mol. The first-order chi connectivity index (χ1) is 16.0. The summed E-state index contributed by atoms with van der Waals surface area (Å²) in [5.41, 5.74) is 8.95. The molecule has 1 fully saturated rings. The quantitative estimate of drug-likeness (QED) is 0.609. The van der Waals surface area contributed by atoms with Gasteiger partial charge in [0, 0.05) is 43.0 Å². The molecule has 2 aromatic heterocycles. The van der Waals surface area contributed by atoms with E-state index in [4.69, 9.17) is 5.73 Å². The van der Waals surface area contributed by atoms with Gasteiger partial charge in [-0.15, -0.1) is 0 Å². The number of anilines is 1. The molecule has 0 bridgehead atoms. The Morgan fingerprint density at radius 1 is 1.18 bits per heavy atom. The van der Waals surface area contributed by atoms with E-state index in [-0.39, 0.29) is 17.9 Å². The molecule has 1 aromatic carbocycles. The van der Waals surface area contributed by atoms with E-state index in [2.05, 4.69) is 27.1 Å². The van der Waals surface area contributed by atoms with E-state index in [0.29, 0.717) is 35.0 Å². The number of allylic oxidation sites excluding steroid dienone is 1. The van der Waals surface area contributed by atoms with Crippen LogP contribution in [-0.2, 0) is 4.79 Å². The standard InChI is InChI=1S/C25H24N6O2/c1-16(32)30-11-9-21(10-12-30)31-14-19(22-23(26)27-15-28-24(22)31)6-5-17-3-2-4-18(13-17)25(33)29-20-7-8-20/h2-4,9,11,13-15,20-21H,7-8,10,12H2,1H3,(H,29,33)(H2,26,27,28). The molecule has 2 aliphatic rings. The first kappa shape index (κ1) is 20.8. The Morgan fingerprint density at radius 2 is 2.03 bits per heavy atom. The highest BCUT2D eigenvalue weighted by Gasteiger charge is 2.24. The summed E-state index contributed by atoms with van der Waals surface area (Å²) >= 11 is 0. The normalized spacial score (nSPS) is 17.5. The van der Waals surface area contributed by atoms with E-state index >= 15 is 0 Å². The molecular weight excluding hydrogens is 416 g/mol. The van der Waals surface area contributed by atoms with Gasteiger partial charge < -0.3 is 20.5 Å². The second kappa shape index (κ2) is 8.43. The van der Waals surface area contributed by atoms with Crippen molar-refractivity contribution in [2.24, 2.45) is 0 Å². The van der Waals surface area contributed by atoms with Crippen LogP contribution in [0.5, 0.6) is 0 Å². The van der Waals surface area contributed by atoms with Crippen molar-refractivity contribution in [2.45, 2.75) is 38.3 Å². The van der Waals surface area contributed by atoms with Crippen molar-refractivity contribution < 1.29 is 9.59 Å². The molecule has 8 heteroatoms. The Labute approximate surface area is 191 Å². The van der Waals surface area contributed by atoms with Gasteiger partial charge in [-0.2, -0.15) is 0 Å². The van der Waals surface area contributed by atoms with Crippen LogP contribution in [0.3, 0.4) is 0 Å². The summed E-state index contributed by atoms with van der Waals surface area (Å²) < 4.78 is 2.03. The van der Waals surface area contributed by atoms with Crippen LogP contribution in [-0.4, -0.2) is 43.8 Å². The molecule has 0 radical (unpaired) electrons. The molecule has 1 saturated carbocycles. The number of carbonyl (C=O) groups is 2. The second-order valence-electron chi connectivity index (χ2n) is 8.40. The molecule has 2 amide bonds. The van der Waals surface area contributed by atoms with Gasteiger partial charge in [-0.1, -0.05) is 17.9 Å². The van der Waals surface area contributed by atoms with Gasteiger partial charge in [0.1, 0.15) is 17.8 Å². The Balaban J connectivity index is 1.48. The van der Waals surface area contributed by atoms with Crippen LogP contribution < -0.4 is 11.1 Å². The molecule has 3 heterocycles. The largest absolute Gasteiger partial charge is 0.383 e. The van der Waals surface area contributed by atoms with Crippen LogP contribution in [0.4, 0.5) is 5.82 Å². The number of aromatic nitrogens is 3. The van der Waals surface area contributed by atoms with Crippen molar-refractivity contribution in [3.8, 4) is 11.8 Å². The summed E-state index contributed by atoms with van der Waals surface area (Å²) in [5, 5.41) is 3.70. The van der Waals surface area contributed by atoms with E-state index < -0.39 is 0 Å². The van der Waals surface area contributed by atoms with E-state index in [0.717, 1.165) is 30.4 Å². The fraction of sp³-hybridized carbons (Fsp3) is 0.280. The number of fused-ring (bicyclic) bond motifs is 1. The second-order valence-corrected chi connectivity index (χ2v) is 8.40. The molecule has 166 valence electrons. The number of rotatable bonds is 3. The van der Waals surface area contributed by atoms with Crippen LogP contribution in [0.1, 0.15) is 53.7 Å². The number of nitrogens with one attached hydrogen (secondary N) is 1. The zero-order chi connectivity index (χ0) is 22.9. The zero-order valence-corrected chi connectivity index (χ0v) is 18.3. The number of amides is 2. The minimum absolute atomic E-state index is 0.0215. The summed E-state index contributed by atoms with van der Waals surface area (Å²) in [6.07, 6.45) is 10.0. The highest BCUT2D eigenvalue weighted by Crippen LogP contribution is 2.29. The molecule has 0 spiro atoms. The number of nitrogens with zero attached hydrogens (tertiary/aromatic N) is 4. The molecule has 1 unspecified atom stereocenters. The number of benzene rings is 1. The van der Waals surface area contributed by atoms with Gasteiger partial charge in [0.25, 0.3) is 5.91 Å². The lowest BCUT2D eigenvalue weighted by Gasteiger charge is -2.26. The zero-order valence-electron chi connectivity index (χ0n) is 18.3. The third-order valence-electron chi connectivity index (χ3n) is 5.93. The highest BCUT2D eigenvalue weighted by atomic mass is 16.2. The highest BCUT2D eigenvalue weighted by molar-refractivity contribution is 5.95. The summed E-state index contributed by atoms with van der Waals surface area (Å²) in [7, 11) is 0. The van der Waals surface area contributed by atoms with E-state index in [1.807, 2.05) is 35.2 Å². The van der Waals surface area contributed by atoms with E-state index in [9.17, 15) is 9.59 Å². The van der Waals surface area contributed by atoms with Gasteiger partial charge in [0.05, 0.1) is 17.0 Å². The lowest BCUT2D eigenvalue weighted by atomic mass is 10.1. The van der Waals surface area contributed by atoms with Crippen LogP contribution in [0.2, 0.25) is 0 Å². The van der Waals surface area contributed by atoms with Gasteiger partial charge in [0.15, 0.2) is 0 Å². The number of carbonyl (C=O) groups excluding carboxylic acids is 2. The molecule has 8 nitrogen and oxygen atoms in total. The molecule has 1 aliphatic heterocycles. The summed E-state index contributed by atoms with van der Waals surface area (Å²) in [4.78, 5) is 34.3. The molecule has 1 aliphatic carbocycles. The van der Waals surface area contributed by atoms with Crippen LogP contribution >= 0.6 is 0 Å². The van der Waals surface area contributed by atoms with E-state index in [1.165, 1.54) is 6.33 Å². The minimum Gasteiger partial charge on any atom is -0.383 e. The maximum atomic E-state index is 12.4. The fourth-order valence-electron chi connectivity index (χ4n) is 3.97. The van der Waals surface area contributed by atoms with E-state index in [1.54, 1.807) is 24.0 Å². The van der Waals surface area contributed by atoms with Crippen molar-refractivity contribution in [3.63, 3.8) is 0 Å². The molecular formula is C25H24N6O2. The van der Waals surface area contributed by atoms with Gasteiger partial charge in [0.2, 0.25) is 5.91 Å². The number of hydrogen-bond acceptors (Lipinski definition) is 5. The number of nitrogen functional groups attached to an aromatic ring is 1.